The number of hydrogen-bond acceptors (Lipinski definition) is 3. The Hall–Kier alpha value is -2.49. The Labute approximate surface area is 123 Å². The average molecular weight is 282 g/mol. The normalized spacial score (nSPS) is 13.1. The molecule has 21 heavy (non-hydrogen) atoms. The minimum absolute atomic E-state index is 0.0793. The van der Waals surface area contributed by atoms with Crippen molar-refractivity contribution in [1.29, 1.82) is 0 Å². The van der Waals surface area contributed by atoms with E-state index in [-0.39, 0.29) is 18.1 Å². The van der Waals surface area contributed by atoms with Gasteiger partial charge in [-0.15, -0.1) is 0 Å². The van der Waals surface area contributed by atoms with E-state index in [0.717, 1.165) is 36.3 Å². The van der Waals surface area contributed by atoms with Crippen LogP contribution >= 0.6 is 0 Å². The fourth-order valence-corrected chi connectivity index (χ4v) is 2.61. The molecule has 0 aromatic heterocycles. The number of amides is 1. The van der Waals surface area contributed by atoms with E-state index >= 15 is 0 Å². The summed E-state index contributed by atoms with van der Waals surface area (Å²) in [5.41, 5.74) is 4.03. The number of carbonyl (C=O) groups is 1. The molecule has 4 nitrogen and oxygen atoms in total. The highest BCUT2D eigenvalue weighted by atomic mass is 16.3. The van der Waals surface area contributed by atoms with Crippen LogP contribution in [0.25, 0.3) is 0 Å². The molecular weight excluding hydrogens is 264 g/mol. The van der Waals surface area contributed by atoms with E-state index in [9.17, 15) is 9.90 Å². The highest BCUT2D eigenvalue weighted by Gasteiger charge is 2.10. The number of phenols is 1. The maximum Gasteiger partial charge on any atom is 0.228 e. The molecule has 0 atom stereocenters. The maximum atomic E-state index is 12.1. The van der Waals surface area contributed by atoms with E-state index < -0.39 is 0 Å². The van der Waals surface area contributed by atoms with Crippen LogP contribution in [0.3, 0.4) is 0 Å². The second-order valence-electron chi connectivity index (χ2n) is 5.30. The molecule has 0 spiro atoms. The Morgan fingerprint density at radius 2 is 2.14 bits per heavy atom. The standard InChI is InChI=1S/C17H18N2O2/c20-15-5-1-3-12(9-15)10-17(21)19-14-6-7-16-13(11-14)4-2-8-18-16/h1,3,5-7,9,11,18,20H,2,4,8,10H2,(H,19,21). The molecule has 0 fully saturated rings. The van der Waals surface area contributed by atoms with E-state index in [1.807, 2.05) is 24.3 Å². The van der Waals surface area contributed by atoms with Gasteiger partial charge >= 0.3 is 0 Å². The number of aryl methyl sites for hydroxylation is 1. The third kappa shape index (κ3) is 3.34. The van der Waals surface area contributed by atoms with Crippen LogP contribution in [-0.4, -0.2) is 17.6 Å². The van der Waals surface area contributed by atoms with Crippen molar-refractivity contribution in [2.45, 2.75) is 19.3 Å². The van der Waals surface area contributed by atoms with E-state index in [1.165, 1.54) is 5.56 Å². The molecule has 3 rings (SSSR count). The molecule has 3 N–H and O–H groups in total. The van der Waals surface area contributed by atoms with Gasteiger partial charge in [0, 0.05) is 17.9 Å². The van der Waals surface area contributed by atoms with Crippen LogP contribution < -0.4 is 10.6 Å². The lowest BCUT2D eigenvalue weighted by Crippen LogP contribution is -2.16. The van der Waals surface area contributed by atoms with Gasteiger partial charge in [-0.1, -0.05) is 12.1 Å². The largest absolute Gasteiger partial charge is 0.508 e. The molecule has 0 saturated heterocycles. The second-order valence-corrected chi connectivity index (χ2v) is 5.30. The first-order valence-corrected chi connectivity index (χ1v) is 7.15. The summed E-state index contributed by atoms with van der Waals surface area (Å²) in [5.74, 6) is 0.101. The third-order valence-corrected chi connectivity index (χ3v) is 3.60. The summed E-state index contributed by atoms with van der Waals surface area (Å²) in [6.07, 6.45) is 2.41. The Bertz CT molecular complexity index is 668. The number of phenolic OH excluding ortho intramolecular Hbond substituents is 1. The Balaban J connectivity index is 1.67. The Morgan fingerprint density at radius 1 is 1.24 bits per heavy atom. The lowest BCUT2D eigenvalue weighted by atomic mass is 10.0. The summed E-state index contributed by atoms with van der Waals surface area (Å²) in [7, 11) is 0. The zero-order valence-electron chi connectivity index (χ0n) is 11.7. The van der Waals surface area contributed by atoms with Crippen molar-refractivity contribution in [3.05, 3.63) is 53.6 Å². The van der Waals surface area contributed by atoms with Gasteiger partial charge in [-0.2, -0.15) is 0 Å². The summed E-state index contributed by atoms with van der Waals surface area (Å²) in [6.45, 7) is 1.01. The van der Waals surface area contributed by atoms with Crippen molar-refractivity contribution in [2.24, 2.45) is 0 Å². The molecular formula is C17H18N2O2. The van der Waals surface area contributed by atoms with Crippen molar-refractivity contribution >= 4 is 17.3 Å². The minimum atomic E-state index is -0.0793. The molecule has 1 amide bonds. The highest BCUT2D eigenvalue weighted by Crippen LogP contribution is 2.25. The van der Waals surface area contributed by atoms with Crippen LogP contribution in [0.1, 0.15) is 17.5 Å². The van der Waals surface area contributed by atoms with E-state index in [0.29, 0.717) is 0 Å². The van der Waals surface area contributed by atoms with Crippen LogP contribution in [0, 0.1) is 0 Å². The van der Waals surface area contributed by atoms with Crippen LogP contribution in [0.2, 0.25) is 0 Å². The molecule has 2 aromatic rings. The molecule has 0 saturated carbocycles. The quantitative estimate of drug-likeness (QED) is 0.811. The molecule has 1 heterocycles. The number of benzene rings is 2. The first-order valence-electron chi connectivity index (χ1n) is 7.15. The minimum Gasteiger partial charge on any atom is -0.508 e. The van der Waals surface area contributed by atoms with Gasteiger partial charge in [0.25, 0.3) is 0 Å². The predicted octanol–water partition coefficient (Wildman–Crippen LogP) is 2.93. The molecule has 0 unspecified atom stereocenters. The number of aromatic hydroxyl groups is 1. The fourth-order valence-electron chi connectivity index (χ4n) is 2.61. The lowest BCUT2D eigenvalue weighted by molar-refractivity contribution is -0.115. The van der Waals surface area contributed by atoms with E-state index in [2.05, 4.69) is 10.6 Å². The number of carbonyl (C=O) groups excluding carboxylic acids is 1. The molecule has 2 aromatic carbocycles. The second kappa shape index (κ2) is 5.87. The first kappa shape index (κ1) is 13.5. The van der Waals surface area contributed by atoms with Crippen LogP contribution in [0.4, 0.5) is 11.4 Å². The number of nitrogens with one attached hydrogen (secondary N) is 2. The van der Waals surface area contributed by atoms with Crippen LogP contribution in [0.5, 0.6) is 5.75 Å². The van der Waals surface area contributed by atoms with E-state index in [4.69, 9.17) is 0 Å². The van der Waals surface area contributed by atoms with Crippen molar-refractivity contribution in [3.8, 4) is 5.75 Å². The first-order chi connectivity index (χ1) is 10.2. The monoisotopic (exact) mass is 282 g/mol. The molecule has 0 aliphatic carbocycles. The summed E-state index contributed by atoms with van der Waals surface area (Å²) < 4.78 is 0. The van der Waals surface area contributed by atoms with Crippen LogP contribution in [-0.2, 0) is 17.6 Å². The van der Waals surface area contributed by atoms with Crippen molar-refractivity contribution in [1.82, 2.24) is 0 Å². The predicted molar refractivity (Wildman–Crippen MR) is 83.7 cm³/mol. The zero-order valence-corrected chi connectivity index (χ0v) is 11.7. The Morgan fingerprint density at radius 3 is 3.00 bits per heavy atom. The number of rotatable bonds is 3. The number of anilines is 2. The van der Waals surface area contributed by atoms with Gasteiger partial charge in [0.05, 0.1) is 6.42 Å². The summed E-state index contributed by atoms with van der Waals surface area (Å²) in [5, 5.41) is 15.7. The zero-order chi connectivity index (χ0) is 14.7. The SMILES string of the molecule is O=C(Cc1cccc(O)c1)Nc1ccc2c(c1)CCCN2. The van der Waals surface area contributed by atoms with Gasteiger partial charge in [0.15, 0.2) is 0 Å². The van der Waals surface area contributed by atoms with Gasteiger partial charge < -0.3 is 15.7 Å². The maximum absolute atomic E-state index is 12.1. The topological polar surface area (TPSA) is 61.4 Å². The molecule has 108 valence electrons. The number of hydrogen-bond donors (Lipinski definition) is 3. The molecule has 0 radical (unpaired) electrons. The molecule has 0 bridgehead atoms. The summed E-state index contributed by atoms with van der Waals surface area (Å²) in [4.78, 5) is 12.1. The average Bonchev–Trinajstić information content (AvgIpc) is 2.47. The lowest BCUT2D eigenvalue weighted by Gasteiger charge is -2.18. The van der Waals surface area contributed by atoms with Crippen LogP contribution in [0.15, 0.2) is 42.5 Å². The van der Waals surface area contributed by atoms with Crippen molar-refractivity contribution < 1.29 is 9.90 Å². The van der Waals surface area contributed by atoms with Gasteiger partial charge in [-0.25, -0.2) is 0 Å². The fraction of sp³-hybridized carbons (Fsp3) is 0.235. The van der Waals surface area contributed by atoms with Gasteiger partial charge in [0.1, 0.15) is 5.75 Å². The number of fused-ring (bicyclic) bond motifs is 1. The highest BCUT2D eigenvalue weighted by molar-refractivity contribution is 5.92. The molecule has 4 heteroatoms. The summed E-state index contributed by atoms with van der Waals surface area (Å²) in [6, 6.07) is 12.7. The summed E-state index contributed by atoms with van der Waals surface area (Å²) >= 11 is 0. The van der Waals surface area contributed by atoms with Gasteiger partial charge in [-0.3, -0.25) is 4.79 Å². The third-order valence-electron chi connectivity index (χ3n) is 3.60. The smallest absolute Gasteiger partial charge is 0.228 e. The van der Waals surface area contributed by atoms with Gasteiger partial charge in [0.2, 0.25) is 5.91 Å². The molecule has 1 aliphatic heterocycles. The van der Waals surface area contributed by atoms with Crippen molar-refractivity contribution in [2.75, 3.05) is 17.2 Å². The van der Waals surface area contributed by atoms with Crippen molar-refractivity contribution in [3.63, 3.8) is 0 Å². The molecule has 1 aliphatic rings. The van der Waals surface area contributed by atoms with E-state index in [1.54, 1.807) is 18.2 Å². The Kier molecular flexibility index (Phi) is 3.77. The van der Waals surface area contributed by atoms with Gasteiger partial charge in [-0.05, 0) is 54.3 Å².